The van der Waals surface area contributed by atoms with E-state index in [1.165, 1.54) is 0 Å². The summed E-state index contributed by atoms with van der Waals surface area (Å²) >= 11 is 0. The SMILES string of the molecule is Cl.O=S(=O)(NCC1NCCc2ccccc21)c1ccc(F)c(F)c1F. The summed E-state index contributed by atoms with van der Waals surface area (Å²) in [5.74, 6) is -4.96. The van der Waals surface area contributed by atoms with Crippen LogP contribution in [0.25, 0.3) is 0 Å². The monoisotopic (exact) mass is 392 g/mol. The highest BCUT2D eigenvalue weighted by Gasteiger charge is 2.26. The van der Waals surface area contributed by atoms with Crippen molar-refractivity contribution < 1.29 is 21.6 Å². The molecule has 1 heterocycles. The number of fused-ring (bicyclic) bond motifs is 1. The lowest BCUT2D eigenvalue weighted by molar-refractivity contribution is 0.430. The van der Waals surface area contributed by atoms with E-state index in [-0.39, 0.29) is 25.0 Å². The van der Waals surface area contributed by atoms with Crippen molar-refractivity contribution in [2.75, 3.05) is 13.1 Å². The van der Waals surface area contributed by atoms with Crippen molar-refractivity contribution >= 4 is 22.4 Å². The molecule has 136 valence electrons. The molecule has 9 heteroatoms. The minimum atomic E-state index is -4.30. The van der Waals surface area contributed by atoms with Crippen LogP contribution in [0.1, 0.15) is 17.2 Å². The molecule has 1 atom stereocenters. The van der Waals surface area contributed by atoms with Crippen LogP contribution in [-0.4, -0.2) is 21.5 Å². The summed E-state index contributed by atoms with van der Waals surface area (Å²) < 4.78 is 66.6. The number of hydrogen-bond acceptors (Lipinski definition) is 3. The van der Waals surface area contributed by atoms with E-state index in [2.05, 4.69) is 10.0 Å². The predicted octanol–water partition coefficient (Wildman–Crippen LogP) is 2.69. The summed E-state index contributed by atoms with van der Waals surface area (Å²) in [6, 6.07) is 8.62. The standard InChI is InChI=1S/C16H15F3N2O2S.ClH/c17-12-5-6-14(16(19)15(12)18)24(22,23)21-9-13-11-4-2-1-3-10(11)7-8-20-13;/h1-6,13,20-21H,7-9H2;1H. The molecule has 0 aliphatic carbocycles. The van der Waals surface area contributed by atoms with Gasteiger partial charge in [-0.2, -0.15) is 0 Å². The average Bonchev–Trinajstić information content (AvgIpc) is 2.57. The van der Waals surface area contributed by atoms with Crippen LogP contribution < -0.4 is 10.0 Å². The quantitative estimate of drug-likeness (QED) is 0.786. The normalized spacial score (nSPS) is 16.8. The Bertz CT molecular complexity index is 878. The Kier molecular flexibility index (Phi) is 6.10. The molecule has 2 aromatic carbocycles. The zero-order valence-electron chi connectivity index (χ0n) is 12.9. The molecule has 0 aromatic heterocycles. The van der Waals surface area contributed by atoms with Crippen molar-refractivity contribution in [3.8, 4) is 0 Å². The van der Waals surface area contributed by atoms with Crippen molar-refractivity contribution in [2.24, 2.45) is 0 Å². The number of hydrogen-bond donors (Lipinski definition) is 2. The van der Waals surface area contributed by atoms with Gasteiger partial charge >= 0.3 is 0 Å². The summed E-state index contributed by atoms with van der Waals surface area (Å²) in [6.07, 6.45) is 0.831. The summed E-state index contributed by atoms with van der Waals surface area (Å²) in [5, 5.41) is 3.18. The lowest BCUT2D eigenvalue weighted by Gasteiger charge is -2.27. The van der Waals surface area contributed by atoms with Gasteiger partial charge in [0.2, 0.25) is 10.0 Å². The molecule has 0 saturated carbocycles. The van der Waals surface area contributed by atoms with Crippen molar-refractivity contribution in [1.82, 2.24) is 10.0 Å². The van der Waals surface area contributed by atoms with Gasteiger partial charge in [-0.1, -0.05) is 24.3 Å². The molecule has 2 N–H and O–H groups in total. The van der Waals surface area contributed by atoms with Gasteiger partial charge in [-0.3, -0.25) is 0 Å². The van der Waals surface area contributed by atoms with Gasteiger partial charge in [-0.05, 0) is 36.2 Å². The van der Waals surface area contributed by atoms with Gasteiger partial charge in [0.1, 0.15) is 4.90 Å². The van der Waals surface area contributed by atoms with E-state index >= 15 is 0 Å². The molecule has 0 bridgehead atoms. The number of halogens is 4. The van der Waals surface area contributed by atoms with Gasteiger partial charge in [0.25, 0.3) is 0 Å². The molecule has 0 radical (unpaired) electrons. The van der Waals surface area contributed by atoms with Crippen molar-refractivity contribution in [2.45, 2.75) is 17.4 Å². The van der Waals surface area contributed by atoms with E-state index in [0.29, 0.717) is 18.7 Å². The van der Waals surface area contributed by atoms with Crippen LogP contribution in [0.4, 0.5) is 13.2 Å². The fourth-order valence-electron chi connectivity index (χ4n) is 2.76. The minimum Gasteiger partial charge on any atom is -0.308 e. The first-order chi connectivity index (χ1) is 11.4. The molecular formula is C16H16ClF3N2O2S. The highest BCUT2D eigenvalue weighted by Crippen LogP contribution is 2.23. The molecule has 0 fully saturated rings. The summed E-state index contributed by atoms with van der Waals surface area (Å²) in [6.45, 7) is 0.653. The van der Waals surface area contributed by atoms with E-state index in [4.69, 9.17) is 0 Å². The topological polar surface area (TPSA) is 58.2 Å². The third-order valence-corrected chi connectivity index (χ3v) is 5.42. The Morgan fingerprint density at radius 1 is 1.08 bits per heavy atom. The Hall–Kier alpha value is -1.61. The van der Waals surface area contributed by atoms with Crippen LogP contribution in [-0.2, 0) is 16.4 Å². The van der Waals surface area contributed by atoms with Gasteiger partial charge in [0, 0.05) is 12.6 Å². The maximum atomic E-state index is 13.7. The first-order valence-corrected chi connectivity index (χ1v) is 8.83. The predicted molar refractivity (Wildman–Crippen MR) is 89.6 cm³/mol. The maximum absolute atomic E-state index is 13.7. The van der Waals surface area contributed by atoms with Crippen LogP contribution in [0.3, 0.4) is 0 Å². The highest BCUT2D eigenvalue weighted by atomic mass is 35.5. The molecule has 25 heavy (non-hydrogen) atoms. The number of rotatable bonds is 4. The fraction of sp³-hybridized carbons (Fsp3) is 0.250. The molecule has 0 saturated heterocycles. The van der Waals surface area contributed by atoms with Crippen LogP contribution >= 0.6 is 12.4 Å². The highest BCUT2D eigenvalue weighted by molar-refractivity contribution is 7.89. The van der Waals surface area contributed by atoms with Crippen molar-refractivity contribution in [1.29, 1.82) is 0 Å². The average molecular weight is 393 g/mol. The first kappa shape index (κ1) is 19.7. The van der Waals surface area contributed by atoms with Gasteiger partial charge in [0.15, 0.2) is 17.5 Å². The molecule has 0 spiro atoms. The third-order valence-electron chi connectivity index (χ3n) is 3.98. The largest absolute Gasteiger partial charge is 0.308 e. The maximum Gasteiger partial charge on any atom is 0.243 e. The summed E-state index contributed by atoms with van der Waals surface area (Å²) in [7, 11) is -4.30. The second-order valence-corrected chi connectivity index (χ2v) is 7.22. The Labute approximate surface area is 149 Å². The van der Waals surface area contributed by atoms with Crippen molar-refractivity contribution in [3.63, 3.8) is 0 Å². The van der Waals surface area contributed by atoms with Crippen LogP contribution in [0.15, 0.2) is 41.3 Å². The second-order valence-electron chi connectivity index (χ2n) is 5.48. The Morgan fingerprint density at radius 3 is 2.56 bits per heavy atom. The molecule has 1 unspecified atom stereocenters. The lowest BCUT2D eigenvalue weighted by atomic mass is 9.95. The first-order valence-electron chi connectivity index (χ1n) is 7.34. The zero-order chi connectivity index (χ0) is 17.3. The molecule has 3 rings (SSSR count). The second kappa shape index (κ2) is 7.74. The van der Waals surface area contributed by atoms with E-state index in [9.17, 15) is 21.6 Å². The number of benzene rings is 2. The molecule has 1 aliphatic heterocycles. The molecule has 2 aromatic rings. The van der Waals surface area contributed by atoms with E-state index in [0.717, 1.165) is 17.5 Å². The smallest absolute Gasteiger partial charge is 0.243 e. The Morgan fingerprint density at radius 2 is 1.80 bits per heavy atom. The zero-order valence-corrected chi connectivity index (χ0v) is 14.6. The van der Waals surface area contributed by atoms with Gasteiger partial charge in [-0.15, -0.1) is 12.4 Å². The number of nitrogens with one attached hydrogen (secondary N) is 2. The Balaban J connectivity index is 0.00000225. The van der Waals surface area contributed by atoms with E-state index < -0.39 is 32.4 Å². The van der Waals surface area contributed by atoms with Crippen LogP contribution in [0.2, 0.25) is 0 Å². The molecule has 1 aliphatic rings. The van der Waals surface area contributed by atoms with E-state index in [1.807, 2.05) is 24.3 Å². The van der Waals surface area contributed by atoms with Crippen LogP contribution in [0, 0.1) is 17.5 Å². The summed E-state index contributed by atoms with van der Waals surface area (Å²) in [5.41, 5.74) is 2.07. The molecule has 0 amide bonds. The molecular weight excluding hydrogens is 377 g/mol. The minimum absolute atomic E-state index is 0. The lowest BCUT2D eigenvalue weighted by Crippen LogP contribution is -2.39. The van der Waals surface area contributed by atoms with Gasteiger partial charge < -0.3 is 5.32 Å². The fourth-order valence-corrected chi connectivity index (χ4v) is 3.88. The van der Waals surface area contributed by atoms with Crippen molar-refractivity contribution in [3.05, 3.63) is 65.0 Å². The molecule has 4 nitrogen and oxygen atoms in total. The third kappa shape index (κ3) is 3.98. The van der Waals surface area contributed by atoms with Gasteiger partial charge in [-0.25, -0.2) is 26.3 Å². The van der Waals surface area contributed by atoms with Gasteiger partial charge in [0.05, 0.1) is 0 Å². The van der Waals surface area contributed by atoms with E-state index in [1.54, 1.807) is 0 Å². The number of sulfonamides is 1. The van der Waals surface area contributed by atoms with Crippen LogP contribution in [0.5, 0.6) is 0 Å². The summed E-state index contributed by atoms with van der Waals surface area (Å²) in [4.78, 5) is -0.912.